The highest BCUT2D eigenvalue weighted by Crippen LogP contribution is 2.18. The van der Waals surface area contributed by atoms with E-state index in [1.165, 1.54) is 5.56 Å². The minimum atomic E-state index is -0.154. The summed E-state index contributed by atoms with van der Waals surface area (Å²) in [6.07, 6.45) is 0.923. The van der Waals surface area contributed by atoms with E-state index in [9.17, 15) is 4.79 Å². The predicted octanol–water partition coefficient (Wildman–Crippen LogP) is 3.49. The molecule has 2 aromatic carbocycles. The second-order valence-corrected chi connectivity index (χ2v) is 6.41. The van der Waals surface area contributed by atoms with Crippen molar-refractivity contribution < 1.29 is 14.3 Å². The number of methoxy groups -OCH3 is 1. The molecule has 7 heteroatoms. The predicted molar refractivity (Wildman–Crippen MR) is 111 cm³/mol. The fourth-order valence-corrected chi connectivity index (χ4v) is 2.48. The van der Waals surface area contributed by atoms with Gasteiger partial charge in [-0.3, -0.25) is 15.6 Å². The topological polar surface area (TPSA) is 71.6 Å². The number of aryl methyl sites for hydroxylation is 1. The number of benzene rings is 2. The van der Waals surface area contributed by atoms with Crippen LogP contribution in [0.4, 0.5) is 5.69 Å². The lowest BCUT2D eigenvalue weighted by Gasteiger charge is -2.14. The van der Waals surface area contributed by atoms with E-state index in [1.807, 2.05) is 56.3 Å². The lowest BCUT2D eigenvalue weighted by atomic mass is 10.1. The minimum absolute atomic E-state index is 0.154. The first kappa shape index (κ1) is 20.5. The van der Waals surface area contributed by atoms with Gasteiger partial charge in [-0.25, -0.2) is 0 Å². The Bertz CT molecular complexity index is 779. The number of hydrazine groups is 1. The number of hydrogen-bond acceptors (Lipinski definition) is 4. The molecule has 2 rings (SSSR count). The zero-order valence-electron chi connectivity index (χ0n) is 15.8. The summed E-state index contributed by atoms with van der Waals surface area (Å²) < 4.78 is 10.7. The fourth-order valence-electron chi connectivity index (χ4n) is 2.32. The average Bonchev–Trinajstić information content (AvgIpc) is 2.67. The molecule has 6 nitrogen and oxygen atoms in total. The summed E-state index contributed by atoms with van der Waals surface area (Å²) in [5, 5.41) is 3.41. The molecule has 3 N–H and O–H groups in total. The molecule has 0 saturated carbocycles. The van der Waals surface area contributed by atoms with Crippen LogP contribution in [0, 0.1) is 13.8 Å². The van der Waals surface area contributed by atoms with Gasteiger partial charge in [-0.05, 0) is 73.9 Å². The second-order valence-electron chi connectivity index (χ2n) is 6.00. The molecule has 0 fully saturated rings. The molecule has 0 aromatic heterocycles. The number of thiocarbonyl (C=S) groups is 1. The third kappa shape index (κ3) is 6.79. The smallest absolute Gasteiger partial charge is 0.238 e. The van der Waals surface area contributed by atoms with E-state index in [0.717, 1.165) is 22.7 Å². The van der Waals surface area contributed by atoms with Crippen LogP contribution in [0.5, 0.6) is 11.5 Å². The van der Waals surface area contributed by atoms with E-state index in [1.54, 1.807) is 7.11 Å². The number of carbonyl (C=O) groups is 1. The number of amides is 1. The summed E-state index contributed by atoms with van der Waals surface area (Å²) in [5.74, 6) is 1.37. The maximum absolute atomic E-state index is 11.9. The molecule has 0 atom stereocenters. The lowest BCUT2D eigenvalue weighted by Crippen LogP contribution is -2.43. The molecule has 0 unspecified atom stereocenters. The van der Waals surface area contributed by atoms with Crippen molar-refractivity contribution in [3.8, 4) is 11.5 Å². The van der Waals surface area contributed by atoms with Gasteiger partial charge in [0.1, 0.15) is 11.5 Å². The first-order valence-electron chi connectivity index (χ1n) is 8.68. The van der Waals surface area contributed by atoms with Gasteiger partial charge in [0.25, 0.3) is 0 Å². The molecule has 27 heavy (non-hydrogen) atoms. The first-order valence-corrected chi connectivity index (χ1v) is 9.09. The summed E-state index contributed by atoms with van der Waals surface area (Å²) in [6, 6.07) is 13.2. The third-order valence-electron chi connectivity index (χ3n) is 4.04. The van der Waals surface area contributed by atoms with Gasteiger partial charge in [-0.1, -0.05) is 12.1 Å². The second kappa shape index (κ2) is 10.4. The quantitative estimate of drug-likeness (QED) is 0.384. The van der Waals surface area contributed by atoms with Crippen LogP contribution < -0.4 is 25.6 Å². The Morgan fingerprint density at radius 1 is 1.04 bits per heavy atom. The van der Waals surface area contributed by atoms with Crippen molar-refractivity contribution in [1.29, 1.82) is 0 Å². The molecule has 2 aromatic rings. The lowest BCUT2D eigenvalue weighted by molar-refractivity contribution is -0.121. The van der Waals surface area contributed by atoms with Crippen LogP contribution in [0.2, 0.25) is 0 Å². The van der Waals surface area contributed by atoms with Crippen LogP contribution in [0.1, 0.15) is 24.0 Å². The summed E-state index contributed by atoms with van der Waals surface area (Å²) >= 11 is 5.21. The van der Waals surface area contributed by atoms with Crippen molar-refractivity contribution >= 4 is 28.9 Å². The van der Waals surface area contributed by atoms with Crippen LogP contribution in [0.3, 0.4) is 0 Å². The van der Waals surface area contributed by atoms with Gasteiger partial charge >= 0.3 is 0 Å². The fraction of sp³-hybridized carbons (Fsp3) is 0.300. The van der Waals surface area contributed by atoms with E-state index in [2.05, 4.69) is 16.2 Å². The Labute approximate surface area is 165 Å². The molecular formula is C20H25N3O3S. The Morgan fingerprint density at radius 2 is 1.74 bits per heavy atom. The maximum Gasteiger partial charge on any atom is 0.238 e. The van der Waals surface area contributed by atoms with Crippen LogP contribution in [-0.4, -0.2) is 24.7 Å². The Kier molecular flexibility index (Phi) is 7.88. The summed E-state index contributed by atoms with van der Waals surface area (Å²) in [4.78, 5) is 11.9. The molecule has 0 aliphatic carbocycles. The van der Waals surface area contributed by atoms with Gasteiger partial charge in [0, 0.05) is 12.1 Å². The van der Waals surface area contributed by atoms with Crippen molar-refractivity contribution in [2.75, 3.05) is 19.0 Å². The van der Waals surface area contributed by atoms with Crippen molar-refractivity contribution in [3.05, 3.63) is 53.6 Å². The molecular weight excluding hydrogens is 362 g/mol. The van der Waals surface area contributed by atoms with Gasteiger partial charge in [0.15, 0.2) is 5.11 Å². The number of hydrogen-bond donors (Lipinski definition) is 3. The van der Waals surface area contributed by atoms with Gasteiger partial charge in [-0.15, -0.1) is 0 Å². The van der Waals surface area contributed by atoms with Crippen LogP contribution >= 0.6 is 12.2 Å². The Hall–Kier alpha value is -2.80. The molecule has 0 heterocycles. The van der Waals surface area contributed by atoms with Crippen molar-refractivity contribution in [2.45, 2.75) is 26.7 Å². The van der Waals surface area contributed by atoms with Gasteiger partial charge in [0.2, 0.25) is 5.91 Å². The molecule has 0 radical (unpaired) electrons. The molecule has 0 bridgehead atoms. The molecule has 144 valence electrons. The van der Waals surface area contributed by atoms with E-state index >= 15 is 0 Å². The summed E-state index contributed by atoms with van der Waals surface area (Å²) in [7, 11) is 1.62. The summed E-state index contributed by atoms with van der Waals surface area (Å²) in [6.45, 7) is 4.50. The molecule has 0 aliphatic heterocycles. The van der Waals surface area contributed by atoms with Gasteiger partial charge < -0.3 is 14.8 Å². The standard InChI is InChI=1S/C20H25N3O3S/c1-14-6-4-7-18(15(14)2)21-20(27)23-22-19(24)8-5-13-26-17-11-9-16(25-3)10-12-17/h4,6-7,9-12H,5,8,13H2,1-3H3,(H,22,24)(H2,21,23,27). The highest BCUT2D eigenvalue weighted by Gasteiger charge is 2.05. The van der Waals surface area contributed by atoms with E-state index in [-0.39, 0.29) is 5.91 Å². The third-order valence-corrected chi connectivity index (χ3v) is 4.25. The monoisotopic (exact) mass is 387 g/mol. The van der Waals surface area contributed by atoms with E-state index in [4.69, 9.17) is 21.7 Å². The normalized spacial score (nSPS) is 10.0. The van der Waals surface area contributed by atoms with E-state index in [0.29, 0.717) is 24.6 Å². The number of ether oxygens (including phenoxy) is 2. The number of carbonyl (C=O) groups excluding carboxylic acids is 1. The minimum Gasteiger partial charge on any atom is -0.497 e. The van der Waals surface area contributed by atoms with Crippen molar-refractivity contribution in [2.24, 2.45) is 0 Å². The average molecular weight is 388 g/mol. The highest BCUT2D eigenvalue weighted by atomic mass is 32.1. The Morgan fingerprint density at radius 3 is 2.44 bits per heavy atom. The zero-order chi connectivity index (χ0) is 19.6. The van der Waals surface area contributed by atoms with Crippen LogP contribution in [-0.2, 0) is 4.79 Å². The highest BCUT2D eigenvalue weighted by molar-refractivity contribution is 7.80. The molecule has 1 amide bonds. The largest absolute Gasteiger partial charge is 0.497 e. The number of rotatable bonds is 7. The Balaban J connectivity index is 1.63. The molecule has 0 spiro atoms. The van der Waals surface area contributed by atoms with Crippen molar-refractivity contribution in [1.82, 2.24) is 10.9 Å². The number of anilines is 1. The molecule has 0 aliphatic rings. The zero-order valence-corrected chi connectivity index (χ0v) is 16.6. The van der Waals surface area contributed by atoms with Crippen molar-refractivity contribution in [3.63, 3.8) is 0 Å². The SMILES string of the molecule is COc1ccc(OCCCC(=O)NNC(=S)Nc2cccc(C)c2C)cc1. The van der Waals surface area contributed by atoms with E-state index < -0.39 is 0 Å². The maximum atomic E-state index is 11.9. The summed E-state index contributed by atoms with van der Waals surface area (Å²) in [5.41, 5.74) is 8.50. The number of nitrogens with one attached hydrogen (secondary N) is 3. The van der Waals surface area contributed by atoms with Crippen LogP contribution in [0.15, 0.2) is 42.5 Å². The van der Waals surface area contributed by atoms with Gasteiger partial charge in [0.05, 0.1) is 13.7 Å². The first-order chi connectivity index (χ1) is 13.0. The van der Waals surface area contributed by atoms with Gasteiger partial charge in [-0.2, -0.15) is 0 Å². The molecule has 0 saturated heterocycles. The van der Waals surface area contributed by atoms with Crippen LogP contribution in [0.25, 0.3) is 0 Å².